The molecule has 3 rings (SSSR count). The molecule has 0 aliphatic heterocycles. The van der Waals surface area contributed by atoms with Gasteiger partial charge in [-0.15, -0.1) is 0 Å². The molecule has 1 aromatic carbocycles. The molecule has 2 aromatic heterocycles. The van der Waals surface area contributed by atoms with Gasteiger partial charge in [-0.3, -0.25) is 4.98 Å². The van der Waals surface area contributed by atoms with Gasteiger partial charge in [0.25, 0.3) is 0 Å². The van der Waals surface area contributed by atoms with Crippen molar-refractivity contribution in [2.24, 2.45) is 0 Å². The maximum atomic E-state index is 5.36. The van der Waals surface area contributed by atoms with Gasteiger partial charge in [0.05, 0.1) is 14.2 Å². The Kier molecular flexibility index (Phi) is 6.62. The fourth-order valence-electron chi connectivity index (χ4n) is 2.79. The smallest absolute Gasteiger partial charge is 0.225 e. The third-order valence-corrected chi connectivity index (χ3v) is 4.20. The van der Waals surface area contributed by atoms with E-state index < -0.39 is 0 Å². The zero-order valence-corrected chi connectivity index (χ0v) is 16.4. The molecule has 0 fully saturated rings. The molecule has 0 amide bonds. The Hall–Kier alpha value is -3.35. The van der Waals surface area contributed by atoms with Crippen LogP contribution in [0.4, 0.5) is 11.8 Å². The third kappa shape index (κ3) is 5.33. The number of aryl methyl sites for hydroxylation is 1. The van der Waals surface area contributed by atoms with Crippen molar-refractivity contribution < 1.29 is 9.47 Å². The molecule has 7 heteroatoms. The summed E-state index contributed by atoms with van der Waals surface area (Å²) in [5.41, 5.74) is 3.14. The molecular weight excluding hydrogens is 354 g/mol. The Morgan fingerprint density at radius 3 is 2.54 bits per heavy atom. The lowest BCUT2D eigenvalue weighted by Crippen LogP contribution is -2.10. The van der Waals surface area contributed by atoms with E-state index in [9.17, 15) is 0 Å². The van der Waals surface area contributed by atoms with Crippen LogP contribution in [0.2, 0.25) is 0 Å². The second-order valence-electron chi connectivity index (χ2n) is 6.30. The van der Waals surface area contributed by atoms with Crippen LogP contribution in [0.3, 0.4) is 0 Å². The maximum absolute atomic E-state index is 5.36. The third-order valence-electron chi connectivity index (χ3n) is 4.20. The molecule has 3 aromatic rings. The molecule has 0 bridgehead atoms. The Morgan fingerprint density at radius 1 is 0.929 bits per heavy atom. The molecule has 2 N–H and O–H groups in total. The quantitative estimate of drug-likeness (QED) is 0.589. The Labute approximate surface area is 165 Å². The van der Waals surface area contributed by atoms with Gasteiger partial charge in [0.2, 0.25) is 5.95 Å². The highest BCUT2D eigenvalue weighted by atomic mass is 16.5. The summed E-state index contributed by atoms with van der Waals surface area (Å²) in [4.78, 5) is 13.1. The first-order valence-electron chi connectivity index (χ1n) is 9.11. The van der Waals surface area contributed by atoms with Crippen LogP contribution >= 0.6 is 0 Å². The summed E-state index contributed by atoms with van der Waals surface area (Å²) in [5, 5.41) is 6.61. The largest absolute Gasteiger partial charge is 0.493 e. The Bertz CT molecular complexity index is 903. The van der Waals surface area contributed by atoms with Crippen LogP contribution in [0.25, 0.3) is 0 Å². The van der Waals surface area contributed by atoms with Gasteiger partial charge in [-0.05, 0) is 42.7 Å². The van der Waals surface area contributed by atoms with Crippen LogP contribution in [0.1, 0.15) is 16.8 Å². The Balaban J connectivity index is 1.58. The minimum Gasteiger partial charge on any atom is -0.493 e. The van der Waals surface area contributed by atoms with Crippen LogP contribution in [-0.4, -0.2) is 35.7 Å². The SMILES string of the molecule is COc1ccc(CCNc2cc(C)nc(NCc3cccnc3)n2)cc1OC. The van der Waals surface area contributed by atoms with Crippen molar-refractivity contribution in [2.45, 2.75) is 19.9 Å². The van der Waals surface area contributed by atoms with Crippen molar-refractivity contribution in [2.75, 3.05) is 31.4 Å². The summed E-state index contributed by atoms with van der Waals surface area (Å²) in [5.74, 6) is 2.86. The maximum Gasteiger partial charge on any atom is 0.225 e. The molecule has 2 heterocycles. The number of ether oxygens (including phenoxy) is 2. The van der Waals surface area contributed by atoms with Gasteiger partial charge in [-0.2, -0.15) is 4.98 Å². The highest BCUT2D eigenvalue weighted by Gasteiger charge is 2.06. The van der Waals surface area contributed by atoms with Crippen molar-refractivity contribution in [3.63, 3.8) is 0 Å². The van der Waals surface area contributed by atoms with E-state index in [1.165, 1.54) is 0 Å². The molecule has 0 saturated heterocycles. The molecule has 0 radical (unpaired) electrons. The topological polar surface area (TPSA) is 81.2 Å². The summed E-state index contributed by atoms with van der Waals surface area (Å²) < 4.78 is 10.6. The van der Waals surface area contributed by atoms with Crippen molar-refractivity contribution in [1.82, 2.24) is 15.0 Å². The average molecular weight is 379 g/mol. The summed E-state index contributed by atoms with van der Waals surface area (Å²) in [6.07, 6.45) is 4.42. The van der Waals surface area contributed by atoms with Crippen LogP contribution in [0, 0.1) is 6.92 Å². The number of nitrogens with one attached hydrogen (secondary N) is 2. The predicted octanol–water partition coefficient (Wildman–Crippen LogP) is 3.46. The van der Waals surface area contributed by atoms with Crippen molar-refractivity contribution >= 4 is 11.8 Å². The van der Waals surface area contributed by atoms with Gasteiger partial charge in [0.15, 0.2) is 11.5 Å². The number of anilines is 2. The van der Waals surface area contributed by atoms with Gasteiger partial charge in [0.1, 0.15) is 5.82 Å². The first-order chi connectivity index (χ1) is 13.7. The monoisotopic (exact) mass is 379 g/mol. The molecule has 28 heavy (non-hydrogen) atoms. The van der Waals surface area contributed by atoms with Crippen LogP contribution in [0.15, 0.2) is 48.8 Å². The van der Waals surface area contributed by atoms with E-state index in [0.717, 1.165) is 47.1 Å². The first-order valence-corrected chi connectivity index (χ1v) is 9.11. The number of pyridine rings is 1. The van der Waals surface area contributed by atoms with Crippen molar-refractivity contribution in [3.8, 4) is 11.5 Å². The highest BCUT2D eigenvalue weighted by Crippen LogP contribution is 2.27. The van der Waals surface area contributed by atoms with Gasteiger partial charge in [0, 0.05) is 37.2 Å². The van der Waals surface area contributed by atoms with Crippen LogP contribution in [-0.2, 0) is 13.0 Å². The molecule has 0 unspecified atom stereocenters. The molecule has 0 atom stereocenters. The van der Waals surface area contributed by atoms with Gasteiger partial charge in [-0.25, -0.2) is 4.98 Å². The fourth-order valence-corrected chi connectivity index (χ4v) is 2.79. The molecule has 0 aliphatic carbocycles. The first kappa shape index (κ1) is 19.4. The number of rotatable bonds is 9. The van der Waals surface area contributed by atoms with E-state index in [0.29, 0.717) is 12.5 Å². The molecule has 146 valence electrons. The molecule has 0 saturated carbocycles. The minimum atomic E-state index is 0.595. The molecular formula is C21H25N5O2. The van der Waals surface area contributed by atoms with E-state index in [1.807, 2.05) is 49.5 Å². The van der Waals surface area contributed by atoms with Gasteiger partial charge in [-0.1, -0.05) is 12.1 Å². The predicted molar refractivity (Wildman–Crippen MR) is 110 cm³/mol. The number of hydrogen-bond donors (Lipinski definition) is 2. The van der Waals surface area contributed by atoms with Gasteiger partial charge >= 0.3 is 0 Å². The van der Waals surface area contributed by atoms with E-state index >= 15 is 0 Å². The molecule has 7 nitrogen and oxygen atoms in total. The zero-order valence-electron chi connectivity index (χ0n) is 16.4. The lowest BCUT2D eigenvalue weighted by Gasteiger charge is -2.11. The second-order valence-corrected chi connectivity index (χ2v) is 6.30. The summed E-state index contributed by atoms with van der Waals surface area (Å²) in [6.45, 7) is 3.33. The molecule has 0 spiro atoms. The van der Waals surface area contributed by atoms with Crippen molar-refractivity contribution in [3.05, 3.63) is 65.6 Å². The summed E-state index contributed by atoms with van der Waals surface area (Å²) >= 11 is 0. The van der Waals surface area contributed by atoms with Crippen molar-refractivity contribution in [1.29, 1.82) is 0 Å². The summed E-state index contributed by atoms with van der Waals surface area (Å²) in [7, 11) is 3.28. The van der Waals surface area contributed by atoms with Crippen LogP contribution < -0.4 is 20.1 Å². The van der Waals surface area contributed by atoms with E-state index in [1.54, 1.807) is 20.4 Å². The number of nitrogens with zero attached hydrogens (tertiary/aromatic N) is 3. The lowest BCUT2D eigenvalue weighted by atomic mass is 10.1. The normalized spacial score (nSPS) is 10.4. The standard InChI is InChI=1S/C21H25N5O2/c1-15-11-20(26-21(25-15)24-14-17-5-4-9-22-13-17)23-10-8-16-6-7-18(27-2)19(12-16)28-3/h4-7,9,11-13H,8,10,14H2,1-3H3,(H2,23,24,25,26). The van der Waals surface area contributed by atoms with E-state index in [-0.39, 0.29) is 0 Å². The van der Waals surface area contributed by atoms with E-state index in [4.69, 9.17) is 9.47 Å². The lowest BCUT2D eigenvalue weighted by molar-refractivity contribution is 0.354. The second kappa shape index (κ2) is 9.55. The molecule has 0 aliphatic rings. The highest BCUT2D eigenvalue weighted by molar-refractivity contribution is 5.44. The van der Waals surface area contributed by atoms with Crippen LogP contribution in [0.5, 0.6) is 11.5 Å². The minimum absolute atomic E-state index is 0.595. The fraction of sp³-hybridized carbons (Fsp3) is 0.286. The Morgan fingerprint density at radius 2 is 1.79 bits per heavy atom. The van der Waals surface area contributed by atoms with E-state index in [2.05, 4.69) is 25.6 Å². The summed E-state index contributed by atoms with van der Waals surface area (Å²) in [6, 6.07) is 11.8. The number of aromatic nitrogens is 3. The van der Waals surface area contributed by atoms with Gasteiger partial charge < -0.3 is 20.1 Å². The zero-order chi connectivity index (χ0) is 19.8. The average Bonchev–Trinajstić information content (AvgIpc) is 2.72. The number of benzene rings is 1. The number of hydrogen-bond acceptors (Lipinski definition) is 7. The number of methoxy groups -OCH3 is 2.